The minimum atomic E-state index is 1.05. The van der Waals surface area contributed by atoms with Crippen LogP contribution < -0.4 is 0 Å². The monoisotopic (exact) mass is 316 g/mol. The van der Waals surface area contributed by atoms with Crippen LogP contribution in [0.25, 0.3) is 11.3 Å². The van der Waals surface area contributed by atoms with Gasteiger partial charge in [0.25, 0.3) is 0 Å². The Morgan fingerprint density at radius 2 is 1.58 bits per heavy atom. The molecule has 0 amide bonds. The maximum absolute atomic E-state index is 4.45. The molecule has 0 fully saturated rings. The van der Waals surface area contributed by atoms with E-state index in [9.17, 15) is 0 Å². The maximum atomic E-state index is 4.45. The third-order valence-corrected chi connectivity index (χ3v) is 4.29. The number of unbranched alkanes of at least 4 members (excludes halogenated alkanes) is 2. The zero-order chi connectivity index (χ0) is 16.6. The van der Waals surface area contributed by atoms with Crippen LogP contribution in [-0.4, -0.2) is 9.97 Å². The van der Waals surface area contributed by atoms with Crippen LogP contribution in [0.1, 0.15) is 36.1 Å². The smallest absolute Gasteiger partial charge is 0.0704 e. The number of benzene rings is 1. The van der Waals surface area contributed by atoms with Crippen molar-refractivity contribution in [3.63, 3.8) is 0 Å². The van der Waals surface area contributed by atoms with E-state index < -0.39 is 0 Å². The Labute approximate surface area is 144 Å². The molecule has 0 aliphatic heterocycles. The molecule has 24 heavy (non-hydrogen) atoms. The van der Waals surface area contributed by atoms with E-state index in [0.29, 0.717) is 0 Å². The first-order valence-electron chi connectivity index (χ1n) is 8.73. The van der Waals surface area contributed by atoms with E-state index in [1.54, 1.807) is 0 Å². The van der Waals surface area contributed by atoms with Crippen molar-refractivity contribution < 1.29 is 0 Å². The Bertz CT molecular complexity index is 748. The molecular formula is C22H24N2. The van der Waals surface area contributed by atoms with Gasteiger partial charge >= 0.3 is 0 Å². The lowest BCUT2D eigenvalue weighted by Gasteiger charge is -2.05. The van der Waals surface area contributed by atoms with Crippen LogP contribution in [0.3, 0.4) is 0 Å². The number of nitrogens with zero attached hydrogens (tertiary/aromatic N) is 2. The van der Waals surface area contributed by atoms with Gasteiger partial charge in [-0.3, -0.25) is 9.97 Å². The molecule has 0 radical (unpaired) electrons. The molecule has 1 aromatic carbocycles. The lowest BCUT2D eigenvalue weighted by atomic mass is 10.0. The summed E-state index contributed by atoms with van der Waals surface area (Å²) in [5.41, 5.74) is 6.10. The number of hydrogen-bond donors (Lipinski definition) is 0. The van der Waals surface area contributed by atoms with Gasteiger partial charge in [-0.1, -0.05) is 36.8 Å². The van der Waals surface area contributed by atoms with Gasteiger partial charge in [0.2, 0.25) is 0 Å². The Kier molecular flexibility index (Phi) is 5.73. The number of hydrogen-bond acceptors (Lipinski definition) is 2. The van der Waals surface area contributed by atoms with Crippen molar-refractivity contribution in [2.24, 2.45) is 0 Å². The molecule has 0 bridgehead atoms. The predicted molar refractivity (Wildman–Crippen MR) is 99.9 cm³/mol. The van der Waals surface area contributed by atoms with E-state index in [1.165, 1.54) is 41.6 Å². The normalized spacial score (nSPS) is 10.7. The van der Waals surface area contributed by atoms with Gasteiger partial charge in [-0.25, -0.2) is 0 Å². The fourth-order valence-electron chi connectivity index (χ4n) is 2.89. The number of pyridine rings is 2. The molecule has 2 heterocycles. The van der Waals surface area contributed by atoms with Gasteiger partial charge < -0.3 is 0 Å². The summed E-state index contributed by atoms with van der Waals surface area (Å²) in [4.78, 5) is 8.82. The summed E-state index contributed by atoms with van der Waals surface area (Å²) in [7, 11) is 0. The minimum absolute atomic E-state index is 1.05. The van der Waals surface area contributed by atoms with Crippen LogP contribution in [0.15, 0.2) is 67.0 Å². The highest BCUT2D eigenvalue weighted by molar-refractivity contribution is 5.59. The first-order chi connectivity index (χ1) is 11.8. The fourth-order valence-corrected chi connectivity index (χ4v) is 2.89. The first kappa shape index (κ1) is 16.4. The highest BCUT2D eigenvalue weighted by Gasteiger charge is 2.00. The lowest BCUT2D eigenvalue weighted by Crippen LogP contribution is -1.91. The van der Waals surface area contributed by atoms with Gasteiger partial charge in [-0.2, -0.15) is 0 Å². The fraction of sp³-hybridized carbons (Fsp3) is 0.273. The second-order valence-corrected chi connectivity index (χ2v) is 6.30. The van der Waals surface area contributed by atoms with E-state index in [4.69, 9.17) is 0 Å². The average molecular weight is 316 g/mol. The molecule has 0 aliphatic rings. The van der Waals surface area contributed by atoms with Gasteiger partial charge in [0, 0.05) is 23.7 Å². The summed E-state index contributed by atoms with van der Waals surface area (Å²) in [6, 6.07) is 19.1. The molecule has 2 nitrogen and oxygen atoms in total. The zero-order valence-electron chi connectivity index (χ0n) is 14.3. The van der Waals surface area contributed by atoms with Gasteiger partial charge in [0.05, 0.1) is 5.69 Å². The average Bonchev–Trinajstić information content (AvgIpc) is 2.63. The largest absolute Gasteiger partial charge is 0.261 e. The third-order valence-electron chi connectivity index (χ3n) is 4.29. The van der Waals surface area contributed by atoms with Crippen molar-refractivity contribution in [3.8, 4) is 11.3 Å². The molecule has 0 aliphatic carbocycles. The molecule has 122 valence electrons. The second-order valence-electron chi connectivity index (χ2n) is 6.30. The summed E-state index contributed by atoms with van der Waals surface area (Å²) in [6.07, 6.45) is 9.66. The molecule has 3 aromatic rings. The minimum Gasteiger partial charge on any atom is -0.261 e. The summed E-state index contributed by atoms with van der Waals surface area (Å²) >= 11 is 0. The molecular weight excluding hydrogens is 292 g/mol. The quantitative estimate of drug-likeness (QED) is 0.545. The van der Waals surface area contributed by atoms with Crippen molar-refractivity contribution in [3.05, 3.63) is 83.8 Å². The van der Waals surface area contributed by atoms with Crippen molar-refractivity contribution in [1.82, 2.24) is 9.97 Å². The Hall–Kier alpha value is -2.48. The Morgan fingerprint density at radius 1 is 0.750 bits per heavy atom. The van der Waals surface area contributed by atoms with E-state index in [0.717, 1.165) is 18.5 Å². The van der Waals surface area contributed by atoms with Gasteiger partial charge in [-0.05, 0) is 68.0 Å². The van der Waals surface area contributed by atoms with Gasteiger partial charge in [0.1, 0.15) is 0 Å². The standard InChI is InChI=1S/C22H24N2/c1-18-14-16-24-22(17-18)20-12-10-19(11-13-20)7-3-2-4-8-21-9-5-6-15-23-21/h5-6,9-17H,2-4,7-8H2,1H3. The first-order valence-corrected chi connectivity index (χ1v) is 8.73. The van der Waals surface area contributed by atoms with Gasteiger partial charge in [-0.15, -0.1) is 0 Å². The Balaban J connectivity index is 1.45. The number of rotatable bonds is 7. The molecule has 3 rings (SSSR count). The second kappa shape index (κ2) is 8.39. The van der Waals surface area contributed by atoms with Crippen molar-refractivity contribution in [2.45, 2.75) is 39.0 Å². The van der Waals surface area contributed by atoms with E-state index >= 15 is 0 Å². The van der Waals surface area contributed by atoms with Crippen LogP contribution in [0.4, 0.5) is 0 Å². The number of aromatic nitrogens is 2. The zero-order valence-corrected chi connectivity index (χ0v) is 14.3. The van der Waals surface area contributed by atoms with E-state index in [2.05, 4.69) is 59.4 Å². The van der Waals surface area contributed by atoms with Crippen molar-refractivity contribution in [2.75, 3.05) is 0 Å². The lowest BCUT2D eigenvalue weighted by molar-refractivity contribution is 0.671. The summed E-state index contributed by atoms with van der Waals surface area (Å²) in [5, 5.41) is 0. The summed E-state index contributed by atoms with van der Waals surface area (Å²) < 4.78 is 0. The summed E-state index contributed by atoms with van der Waals surface area (Å²) in [6.45, 7) is 2.10. The number of aryl methyl sites for hydroxylation is 3. The predicted octanol–water partition coefficient (Wildman–Crippen LogP) is 5.41. The highest BCUT2D eigenvalue weighted by Crippen LogP contribution is 2.19. The van der Waals surface area contributed by atoms with Crippen molar-refractivity contribution in [1.29, 1.82) is 0 Å². The summed E-state index contributed by atoms with van der Waals surface area (Å²) in [5.74, 6) is 0. The van der Waals surface area contributed by atoms with Crippen LogP contribution >= 0.6 is 0 Å². The van der Waals surface area contributed by atoms with Gasteiger partial charge in [0.15, 0.2) is 0 Å². The molecule has 2 aromatic heterocycles. The van der Waals surface area contributed by atoms with Crippen LogP contribution in [0.5, 0.6) is 0 Å². The molecule has 2 heteroatoms. The molecule has 0 saturated carbocycles. The molecule has 0 unspecified atom stereocenters. The van der Waals surface area contributed by atoms with Crippen LogP contribution in [0, 0.1) is 6.92 Å². The molecule has 0 N–H and O–H groups in total. The molecule has 0 saturated heterocycles. The SMILES string of the molecule is Cc1ccnc(-c2ccc(CCCCCc3ccccn3)cc2)c1. The highest BCUT2D eigenvalue weighted by atomic mass is 14.7. The Morgan fingerprint density at radius 3 is 2.33 bits per heavy atom. The van der Waals surface area contributed by atoms with Crippen molar-refractivity contribution >= 4 is 0 Å². The van der Waals surface area contributed by atoms with Crippen LogP contribution in [0.2, 0.25) is 0 Å². The molecule has 0 spiro atoms. The topological polar surface area (TPSA) is 25.8 Å². The maximum Gasteiger partial charge on any atom is 0.0704 e. The van der Waals surface area contributed by atoms with E-state index in [-0.39, 0.29) is 0 Å². The third kappa shape index (κ3) is 4.76. The van der Waals surface area contributed by atoms with Crippen LogP contribution in [-0.2, 0) is 12.8 Å². The van der Waals surface area contributed by atoms with E-state index in [1.807, 2.05) is 24.5 Å². The molecule has 0 atom stereocenters.